The Labute approximate surface area is 190 Å². The van der Waals surface area contributed by atoms with E-state index in [-0.39, 0.29) is 17.5 Å². The summed E-state index contributed by atoms with van der Waals surface area (Å²) in [5.74, 6) is 0.0611. The summed E-state index contributed by atoms with van der Waals surface area (Å²) in [6.45, 7) is 3.75. The molecule has 1 aliphatic rings. The summed E-state index contributed by atoms with van der Waals surface area (Å²) >= 11 is 0. The van der Waals surface area contributed by atoms with Crippen LogP contribution in [-0.2, 0) is 7.05 Å². The van der Waals surface area contributed by atoms with Gasteiger partial charge >= 0.3 is 0 Å². The number of nitrogen functional groups attached to an aromatic ring is 1. The highest BCUT2D eigenvalue weighted by atomic mass is 16.3. The van der Waals surface area contributed by atoms with Gasteiger partial charge in [-0.05, 0) is 24.5 Å². The molecule has 0 aliphatic carbocycles. The Balaban J connectivity index is 1.45. The molecule has 2 atom stereocenters. The van der Waals surface area contributed by atoms with Crippen molar-refractivity contribution in [3.63, 3.8) is 0 Å². The molecule has 0 unspecified atom stereocenters. The number of anilines is 3. The molecule has 0 radical (unpaired) electrons. The fourth-order valence-corrected chi connectivity index (χ4v) is 4.48. The Kier molecular flexibility index (Phi) is 5.21. The van der Waals surface area contributed by atoms with E-state index >= 15 is 0 Å². The van der Waals surface area contributed by atoms with Crippen LogP contribution in [0, 0.1) is 5.92 Å². The largest absolute Gasteiger partial charge is 0.438 e. The summed E-state index contributed by atoms with van der Waals surface area (Å²) in [7, 11) is 1.84. The molecule has 10 heteroatoms. The van der Waals surface area contributed by atoms with Crippen LogP contribution in [0.4, 0.5) is 17.3 Å². The number of nitrogens with two attached hydrogens (primary N) is 2. The van der Waals surface area contributed by atoms with E-state index in [1.807, 2.05) is 19.3 Å². The van der Waals surface area contributed by atoms with Gasteiger partial charge < -0.3 is 26.1 Å². The smallest absolute Gasteiger partial charge is 0.263 e. The van der Waals surface area contributed by atoms with Gasteiger partial charge in [0, 0.05) is 55.9 Å². The molecule has 33 heavy (non-hydrogen) atoms. The molecule has 1 amide bonds. The van der Waals surface area contributed by atoms with Crippen LogP contribution in [0.15, 0.2) is 47.5 Å². The van der Waals surface area contributed by atoms with Crippen molar-refractivity contribution >= 4 is 34.3 Å². The highest BCUT2D eigenvalue weighted by molar-refractivity contribution is 6.15. The maximum absolute atomic E-state index is 13.3. The van der Waals surface area contributed by atoms with Crippen molar-refractivity contribution in [3.05, 3.63) is 48.7 Å². The van der Waals surface area contributed by atoms with Crippen LogP contribution in [0.5, 0.6) is 0 Å². The maximum Gasteiger partial charge on any atom is 0.263 e. The van der Waals surface area contributed by atoms with Gasteiger partial charge in [0.2, 0.25) is 5.88 Å². The fraction of sp³-hybridized carbons (Fsp3) is 0.304. The lowest BCUT2D eigenvalue weighted by molar-refractivity contribution is 0.102. The number of pyridine rings is 2. The van der Waals surface area contributed by atoms with Crippen LogP contribution >= 0.6 is 0 Å². The number of furan rings is 1. The molecule has 0 spiro atoms. The van der Waals surface area contributed by atoms with Crippen molar-refractivity contribution in [3.8, 4) is 11.1 Å². The second-order valence-corrected chi connectivity index (χ2v) is 8.67. The van der Waals surface area contributed by atoms with Gasteiger partial charge in [-0.25, -0.2) is 0 Å². The topological polar surface area (TPSA) is 141 Å². The zero-order chi connectivity index (χ0) is 23.1. The Morgan fingerprint density at radius 2 is 2.09 bits per heavy atom. The lowest BCUT2D eigenvalue weighted by atomic mass is 9.96. The number of piperidine rings is 1. The van der Waals surface area contributed by atoms with Gasteiger partial charge in [0.25, 0.3) is 5.91 Å². The fourth-order valence-electron chi connectivity index (χ4n) is 4.48. The van der Waals surface area contributed by atoms with Crippen molar-refractivity contribution in [1.82, 2.24) is 19.7 Å². The minimum absolute atomic E-state index is 0.0115. The third-order valence-corrected chi connectivity index (χ3v) is 5.90. The van der Waals surface area contributed by atoms with Crippen LogP contribution in [0.3, 0.4) is 0 Å². The lowest BCUT2D eigenvalue weighted by Gasteiger charge is -2.37. The van der Waals surface area contributed by atoms with Crippen LogP contribution in [0.1, 0.15) is 23.7 Å². The Morgan fingerprint density at radius 3 is 2.85 bits per heavy atom. The molecule has 10 nitrogen and oxygen atoms in total. The minimum atomic E-state index is -0.406. The van der Waals surface area contributed by atoms with Gasteiger partial charge in [-0.2, -0.15) is 5.10 Å². The number of carbonyl (C=O) groups is 1. The van der Waals surface area contributed by atoms with Crippen molar-refractivity contribution in [1.29, 1.82) is 0 Å². The van der Waals surface area contributed by atoms with E-state index < -0.39 is 5.91 Å². The first kappa shape index (κ1) is 21.0. The van der Waals surface area contributed by atoms with Crippen molar-refractivity contribution in [2.75, 3.05) is 29.0 Å². The molecule has 170 valence electrons. The van der Waals surface area contributed by atoms with E-state index in [2.05, 4.69) is 32.2 Å². The maximum atomic E-state index is 13.3. The van der Waals surface area contributed by atoms with Gasteiger partial charge in [-0.15, -0.1) is 0 Å². The summed E-state index contributed by atoms with van der Waals surface area (Å²) in [5.41, 5.74) is 16.5. The van der Waals surface area contributed by atoms with Gasteiger partial charge in [0.15, 0.2) is 5.58 Å². The molecule has 5 N–H and O–H groups in total. The van der Waals surface area contributed by atoms with Crippen LogP contribution in [0.2, 0.25) is 0 Å². The number of aromatic nitrogens is 4. The van der Waals surface area contributed by atoms with E-state index in [0.29, 0.717) is 29.2 Å². The SMILES string of the molecule is C[C@H]1C[C@@H](N)CN(c2ccncc2NC(=O)c2c(N)oc3cc(-c4cnn(C)c4)cnc23)C1. The Hall–Kier alpha value is -3.92. The number of nitrogens with zero attached hydrogens (tertiary/aromatic N) is 5. The van der Waals surface area contributed by atoms with Crippen molar-refractivity contribution < 1.29 is 9.21 Å². The molecule has 0 aromatic carbocycles. The molecular formula is C23H26N8O2. The number of fused-ring (bicyclic) bond motifs is 1. The Morgan fingerprint density at radius 1 is 1.24 bits per heavy atom. The molecule has 4 aromatic heterocycles. The number of carbonyl (C=O) groups excluding carboxylic acids is 1. The first-order valence-electron chi connectivity index (χ1n) is 10.8. The zero-order valence-corrected chi connectivity index (χ0v) is 18.5. The molecule has 0 bridgehead atoms. The summed E-state index contributed by atoms with van der Waals surface area (Å²) < 4.78 is 7.39. The van der Waals surface area contributed by atoms with E-state index in [0.717, 1.165) is 29.8 Å². The Bertz CT molecular complexity index is 1320. The molecule has 5 rings (SSSR count). The first-order chi connectivity index (χ1) is 15.9. The zero-order valence-electron chi connectivity index (χ0n) is 18.5. The highest BCUT2D eigenvalue weighted by Gasteiger charge is 2.26. The van der Waals surface area contributed by atoms with Crippen LogP contribution in [0.25, 0.3) is 22.2 Å². The predicted molar refractivity (Wildman–Crippen MR) is 127 cm³/mol. The standard InChI is InChI=1S/C23H26N8O2/c1-13-5-16(24)12-31(10-13)18-3-4-26-9-17(18)29-23(32)20-21-19(33-22(20)25)6-14(7-27-21)15-8-28-30(2)11-15/h3-4,6-9,11,13,16H,5,10,12,24-25H2,1-2H3,(H,29,32)/t13-,16+/m0/s1. The normalized spacial score (nSPS) is 18.6. The van der Waals surface area contributed by atoms with E-state index in [1.54, 1.807) is 35.5 Å². The quantitative estimate of drug-likeness (QED) is 0.434. The number of hydrogen-bond acceptors (Lipinski definition) is 8. The third kappa shape index (κ3) is 4.00. The summed E-state index contributed by atoms with van der Waals surface area (Å²) in [5, 5.41) is 7.12. The molecule has 5 heterocycles. The second-order valence-electron chi connectivity index (χ2n) is 8.67. The van der Waals surface area contributed by atoms with Gasteiger partial charge in [-0.1, -0.05) is 6.92 Å². The summed E-state index contributed by atoms with van der Waals surface area (Å²) in [6.07, 6.45) is 9.61. The van der Waals surface area contributed by atoms with Crippen molar-refractivity contribution in [2.45, 2.75) is 19.4 Å². The number of hydrogen-bond donors (Lipinski definition) is 3. The lowest BCUT2D eigenvalue weighted by Crippen LogP contribution is -2.46. The average Bonchev–Trinajstić information content (AvgIpc) is 3.35. The first-order valence-corrected chi connectivity index (χ1v) is 10.8. The second kappa shape index (κ2) is 8.21. The highest BCUT2D eigenvalue weighted by Crippen LogP contribution is 2.33. The minimum Gasteiger partial charge on any atom is -0.438 e. The number of rotatable bonds is 4. The van der Waals surface area contributed by atoms with Gasteiger partial charge in [-0.3, -0.25) is 19.4 Å². The van der Waals surface area contributed by atoms with Crippen LogP contribution < -0.4 is 21.7 Å². The number of amides is 1. The van der Waals surface area contributed by atoms with Crippen LogP contribution in [-0.4, -0.2) is 44.8 Å². The van der Waals surface area contributed by atoms with E-state index in [4.69, 9.17) is 15.9 Å². The van der Waals surface area contributed by atoms with Crippen molar-refractivity contribution in [2.24, 2.45) is 18.7 Å². The molecule has 1 aliphatic heterocycles. The summed E-state index contributed by atoms with van der Waals surface area (Å²) in [4.78, 5) is 24.1. The average molecular weight is 447 g/mol. The monoisotopic (exact) mass is 446 g/mol. The summed E-state index contributed by atoms with van der Waals surface area (Å²) in [6, 6.07) is 3.77. The molecule has 0 saturated carbocycles. The van der Waals surface area contributed by atoms with E-state index in [9.17, 15) is 4.79 Å². The molecule has 1 fully saturated rings. The molecule has 1 saturated heterocycles. The number of nitrogens with one attached hydrogen (secondary N) is 1. The predicted octanol–water partition coefficient (Wildman–Crippen LogP) is 2.63. The number of aryl methyl sites for hydroxylation is 1. The molecule has 4 aromatic rings. The van der Waals surface area contributed by atoms with E-state index in [1.165, 1.54) is 0 Å². The van der Waals surface area contributed by atoms with Gasteiger partial charge in [0.1, 0.15) is 11.1 Å². The third-order valence-electron chi connectivity index (χ3n) is 5.90. The molecular weight excluding hydrogens is 420 g/mol. The van der Waals surface area contributed by atoms with Gasteiger partial charge in [0.05, 0.1) is 23.8 Å².